The Bertz CT molecular complexity index is 488. The molecular formula is C16H21NO4. The lowest BCUT2D eigenvalue weighted by Gasteiger charge is -2.20. The van der Waals surface area contributed by atoms with Gasteiger partial charge < -0.3 is 14.4 Å². The summed E-state index contributed by atoms with van der Waals surface area (Å²) in [6.07, 6.45) is 0.248. The average Bonchev–Trinajstić information content (AvgIpc) is 2.88. The fraction of sp³-hybridized carbons (Fsp3) is 0.500. The third-order valence-corrected chi connectivity index (χ3v) is 3.63. The zero-order valence-corrected chi connectivity index (χ0v) is 12.5. The summed E-state index contributed by atoms with van der Waals surface area (Å²) in [5.41, 5.74) is 0.944. The van der Waals surface area contributed by atoms with Crippen molar-refractivity contribution in [3.63, 3.8) is 0 Å². The van der Waals surface area contributed by atoms with Crippen molar-refractivity contribution in [1.82, 2.24) is 4.90 Å². The highest BCUT2D eigenvalue weighted by Gasteiger charge is 2.37. The summed E-state index contributed by atoms with van der Waals surface area (Å²) in [6.45, 7) is 4.67. The molecule has 1 fully saturated rings. The van der Waals surface area contributed by atoms with Crippen LogP contribution < -0.4 is 0 Å². The third-order valence-electron chi connectivity index (χ3n) is 3.63. The van der Waals surface area contributed by atoms with Gasteiger partial charge in [-0.2, -0.15) is 0 Å². The van der Waals surface area contributed by atoms with Crippen LogP contribution in [-0.2, 0) is 20.9 Å². The SMILES string of the molecule is CCOC(=O)[C@H]1C[C@@H](C)N(C(=O)OCc2ccccc2)C1. The van der Waals surface area contributed by atoms with Gasteiger partial charge in [0.05, 0.1) is 12.5 Å². The highest BCUT2D eigenvalue weighted by atomic mass is 16.6. The second-order valence-corrected chi connectivity index (χ2v) is 5.23. The van der Waals surface area contributed by atoms with Crippen LogP contribution in [0.1, 0.15) is 25.8 Å². The Morgan fingerprint density at radius 3 is 2.62 bits per heavy atom. The van der Waals surface area contributed by atoms with Crippen LogP contribution in [0.3, 0.4) is 0 Å². The number of benzene rings is 1. The van der Waals surface area contributed by atoms with Gasteiger partial charge in [0.2, 0.25) is 0 Å². The van der Waals surface area contributed by atoms with E-state index < -0.39 is 0 Å². The summed E-state index contributed by atoms with van der Waals surface area (Å²) in [5.74, 6) is -0.480. The second-order valence-electron chi connectivity index (χ2n) is 5.23. The fourth-order valence-electron chi connectivity index (χ4n) is 2.52. The Labute approximate surface area is 124 Å². The molecule has 21 heavy (non-hydrogen) atoms. The smallest absolute Gasteiger partial charge is 0.410 e. The van der Waals surface area contributed by atoms with Crippen molar-refractivity contribution in [2.24, 2.45) is 5.92 Å². The molecule has 2 rings (SSSR count). The summed E-state index contributed by atoms with van der Waals surface area (Å²) < 4.78 is 10.3. The quantitative estimate of drug-likeness (QED) is 0.800. The first-order valence-corrected chi connectivity index (χ1v) is 7.25. The van der Waals surface area contributed by atoms with E-state index in [0.29, 0.717) is 19.6 Å². The third kappa shape index (κ3) is 3.97. The molecule has 1 heterocycles. The van der Waals surface area contributed by atoms with E-state index in [1.54, 1.807) is 11.8 Å². The van der Waals surface area contributed by atoms with Gasteiger partial charge in [-0.15, -0.1) is 0 Å². The molecule has 0 spiro atoms. The van der Waals surface area contributed by atoms with Gasteiger partial charge in [0.15, 0.2) is 0 Å². The van der Waals surface area contributed by atoms with E-state index in [0.717, 1.165) is 5.56 Å². The summed E-state index contributed by atoms with van der Waals surface area (Å²) in [7, 11) is 0. The molecule has 0 saturated carbocycles. The number of likely N-dealkylation sites (tertiary alicyclic amines) is 1. The maximum absolute atomic E-state index is 12.1. The van der Waals surface area contributed by atoms with Crippen LogP contribution in [0.2, 0.25) is 0 Å². The minimum absolute atomic E-state index is 0.0114. The molecule has 1 aromatic carbocycles. The molecule has 1 amide bonds. The fourth-order valence-corrected chi connectivity index (χ4v) is 2.52. The molecule has 0 radical (unpaired) electrons. The van der Waals surface area contributed by atoms with Gasteiger partial charge in [0.25, 0.3) is 0 Å². The van der Waals surface area contributed by atoms with Crippen molar-refractivity contribution in [2.45, 2.75) is 32.9 Å². The van der Waals surface area contributed by atoms with Crippen LogP contribution in [0.25, 0.3) is 0 Å². The largest absolute Gasteiger partial charge is 0.466 e. The Morgan fingerprint density at radius 2 is 1.95 bits per heavy atom. The predicted octanol–water partition coefficient (Wildman–Crippen LogP) is 2.60. The Kier molecular flexibility index (Phi) is 5.20. The maximum Gasteiger partial charge on any atom is 0.410 e. The highest BCUT2D eigenvalue weighted by Crippen LogP contribution is 2.25. The zero-order chi connectivity index (χ0) is 15.2. The molecule has 0 aliphatic carbocycles. The first kappa shape index (κ1) is 15.4. The highest BCUT2D eigenvalue weighted by molar-refractivity contribution is 5.76. The summed E-state index contributed by atoms with van der Waals surface area (Å²) in [5, 5.41) is 0. The molecule has 0 unspecified atom stereocenters. The van der Waals surface area contributed by atoms with E-state index >= 15 is 0 Å². The Balaban J connectivity index is 1.86. The van der Waals surface area contributed by atoms with Gasteiger partial charge in [-0.25, -0.2) is 4.79 Å². The lowest BCUT2D eigenvalue weighted by atomic mass is 10.1. The molecule has 2 atom stereocenters. The molecule has 1 aliphatic rings. The van der Waals surface area contributed by atoms with Gasteiger partial charge in [0.1, 0.15) is 6.61 Å². The number of ether oxygens (including phenoxy) is 2. The van der Waals surface area contributed by atoms with Crippen LogP contribution in [0, 0.1) is 5.92 Å². The van der Waals surface area contributed by atoms with Gasteiger partial charge in [-0.3, -0.25) is 4.79 Å². The van der Waals surface area contributed by atoms with Crippen LogP contribution in [-0.4, -0.2) is 36.2 Å². The van der Waals surface area contributed by atoms with Crippen LogP contribution in [0.5, 0.6) is 0 Å². The summed E-state index contributed by atoms with van der Waals surface area (Å²) in [6, 6.07) is 9.52. The first-order valence-electron chi connectivity index (χ1n) is 7.25. The van der Waals surface area contributed by atoms with E-state index in [1.807, 2.05) is 37.3 Å². The van der Waals surface area contributed by atoms with Crippen molar-refractivity contribution in [3.8, 4) is 0 Å². The molecule has 5 nitrogen and oxygen atoms in total. The normalized spacial score (nSPS) is 21.1. The van der Waals surface area contributed by atoms with Gasteiger partial charge >= 0.3 is 12.1 Å². The number of nitrogens with zero attached hydrogens (tertiary/aromatic N) is 1. The number of amides is 1. The van der Waals surface area contributed by atoms with Crippen LogP contribution in [0.4, 0.5) is 4.79 Å². The number of carbonyl (C=O) groups is 2. The van der Waals surface area contributed by atoms with Crippen molar-refractivity contribution in [2.75, 3.05) is 13.2 Å². The number of esters is 1. The molecule has 1 aromatic rings. The van der Waals surface area contributed by atoms with Crippen molar-refractivity contribution >= 4 is 12.1 Å². The lowest BCUT2D eigenvalue weighted by molar-refractivity contribution is -0.147. The van der Waals surface area contributed by atoms with Crippen LogP contribution in [0.15, 0.2) is 30.3 Å². The number of hydrogen-bond donors (Lipinski definition) is 0. The van der Waals surface area contributed by atoms with E-state index in [4.69, 9.17) is 9.47 Å². The molecule has 0 N–H and O–H groups in total. The van der Waals surface area contributed by atoms with Gasteiger partial charge in [0, 0.05) is 12.6 Å². The molecular weight excluding hydrogens is 270 g/mol. The Morgan fingerprint density at radius 1 is 1.24 bits per heavy atom. The molecule has 1 saturated heterocycles. The van der Waals surface area contributed by atoms with E-state index in [1.165, 1.54) is 0 Å². The molecule has 0 bridgehead atoms. The summed E-state index contributed by atoms with van der Waals surface area (Å²) >= 11 is 0. The number of carbonyl (C=O) groups excluding carboxylic acids is 2. The van der Waals surface area contributed by atoms with Gasteiger partial charge in [-0.05, 0) is 25.8 Å². The molecule has 1 aliphatic heterocycles. The summed E-state index contributed by atoms with van der Waals surface area (Å²) in [4.78, 5) is 25.4. The second kappa shape index (κ2) is 7.11. The average molecular weight is 291 g/mol. The van der Waals surface area contributed by atoms with E-state index in [2.05, 4.69) is 0 Å². The number of hydrogen-bond acceptors (Lipinski definition) is 4. The monoisotopic (exact) mass is 291 g/mol. The van der Waals surface area contributed by atoms with Gasteiger partial charge in [-0.1, -0.05) is 30.3 Å². The standard InChI is InChI=1S/C16H21NO4/c1-3-20-15(18)14-9-12(2)17(10-14)16(19)21-11-13-7-5-4-6-8-13/h4-8,12,14H,3,9-11H2,1-2H3/t12-,14+/m1/s1. The molecule has 5 heteroatoms. The first-order chi connectivity index (χ1) is 10.1. The van der Waals surface area contributed by atoms with Crippen molar-refractivity contribution < 1.29 is 19.1 Å². The minimum atomic E-state index is -0.377. The van der Waals surface area contributed by atoms with E-state index in [9.17, 15) is 9.59 Å². The number of rotatable bonds is 4. The van der Waals surface area contributed by atoms with Crippen LogP contribution >= 0.6 is 0 Å². The van der Waals surface area contributed by atoms with E-state index in [-0.39, 0.29) is 30.6 Å². The van der Waals surface area contributed by atoms with Crippen molar-refractivity contribution in [1.29, 1.82) is 0 Å². The maximum atomic E-state index is 12.1. The molecule has 114 valence electrons. The minimum Gasteiger partial charge on any atom is -0.466 e. The topological polar surface area (TPSA) is 55.8 Å². The molecule has 0 aromatic heterocycles. The lowest BCUT2D eigenvalue weighted by Crippen LogP contribution is -2.35. The van der Waals surface area contributed by atoms with Crippen molar-refractivity contribution in [3.05, 3.63) is 35.9 Å². The zero-order valence-electron chi connectivity index (χ0n) is 12.5. The Hall–Kier alpha value is -2.04. The predicted molar refractivity (Wildman–Crippen MR) is 77.5 cm³/mol.